The summed E-state index contributed by atoms with van der Waals surface area (Å²) in [6.07, 6.45) is 0.686. The van der Waals surface area contributed by atoms with Gasteiger partial charge in [-0.15, -0.1) is 0 Å². The van der Waals surface area contributed by atoms with Gasteiger partial charge in [-0.25, -0.2) is 9.59 Å². The van der Waals surface area contributed by atoms with Crippen LogP contribution in [-0.4, -0.2) is 22.2 Å². The Balaban J connectivity index is 1.54. The van der Waals surface area contributed by atoms with Gasteiger partial charge in [0.1, 0.15) is 0 Å². The molecule has 1 aromatic heterocycles. The summed E-state index contributed by atoms with van der Waals surface area (Å²) in [6.45, 7) is 0.500. The first-order valence-electron chi connectivity index (χ1n) is 7.90. The average molecular weight is 341 g/mol. The van der Waals surface area contributed by atoms with Crippen LogP contribution in [0.15, 0.2) is 51.7 Å². The minimum absolute atomic E-state index is 0.0207. The minimum Gasteiger partial charge on any atom is -0.408 e. The lowest BCUT2D eigenvalue weighted by atomic mass is 10.1. The van der Waals surface area contributed by atoms with Crippen molar-refractivity contribution in [1.82, 2.24) is 9.88 Å². The largest absolute Gasteiger partial charge is 0.419 e. The van der Waals surface area contributed by atoms with Gasteiger partial charge in [0.25, 0.3) is 0 Å². The number of aromatic nitrogens is 1. The van der Waals surface area contributed by atoms with Gasteiger partial charge in [0.2, 0.25) is 0 Å². The standard InChI is InChI=1S/C18H19N3O4/c1-21-15-7-6-14(10-16(15)25-18(21)24)20-17(23)19-9-8-12-2-4-13(11-22)5-3-12/h2-7,10,22H,8-9,11H2,1H3,(H2,19,20,23). The number of nitrogens with zero attached hydrogens (tertiary/aromatic N) is 1. The summed E-state index contributed by atoms with van der Waals surface area (Å²) in [7, 11) is 1.63. The summed E-state index contributed by atoms with van der Waals surface area (Å²) in [5.41, 5.74) is 3.57. The molecule has 0 aliphatic carbocycles. The van der Waals surface area contributed by atoms with Gasteiger partial charge < -0.3 is 20.2 Å². The van der Waals surface area contributed by atoms with Crippen LogP contribution in [0, 0.1) is 0 Å². The van der Waals surface area contributed by atoms with Crippen molar-refractivity contribution in [2.24, 2.45) is 7.05 Å². The zero-order valence-corrected chi connectivity index (χ0v) is 13.8. The minimum atomic E-state index is -0.441. The van der Waals surface area contributed by atoms with Crippen LogP contribution in [0.4, 0.5) is 10.5 Å². The van der Waals surface area contributed by atoms with Crippen LogP contribution < -0.4 is 16.4 Å². The molecule has 0 saturated heterocycles. The van der Waals surface area contributed by atoms with Gasteiger partial charge in [0.15, 0.2) is 5.58 Å². The lowest BCUT2D eigenvalue weighted by Gasteiger charge is -2.08. The Morgan fingerprint density at radius 3 is 2.60 bits per heavy atom. The van der Waals surface area contributed by atoms with Crippen molar-refractivity contribution in [1.29, 1.82) is 0 Å². The maximum atomic E-state index is 12.0. The number of hydrogen-bond donors (Lipinski definition) is 3. The summed E-state index contributed by atoms with van der Waals surface area (Å²) >= 11 is 0. The Morgan fingerprint density at radius 1 is 1.16 bits per heavy atom. The summed E-state index contributed by atoms with van der Waals surface area (Å²) < 4.78 is 6.50. The Labute approximate surface area is 143 Å². The third-order valence-corrected chi connectivity index (χ3v) is 3.95. The van der Waals surface area contributed by atoms with E-state index in [0.29, 0.717) is 29.8 Å². The summed E-state index contributed by atoms with van der Waals surface area (Å²) in [5, 5.41) is 14.5. The first-order chi connectivity index (χ1) is 12.1. The lowest BCUT2D eigenvalue weighted by Crippen LogP contribution is -2.30. The van der Waals surface area contributed by atoms with E-state index in [0.717, 1.165) is 11.1 Å². The number of carbonyl (C=O) groups is 1. The monoisotopic (exact) mass is 341 g/mol. The molecule has 25 heavy (non-hydrogen) atoms. The highest BCUT2D eigenvalue weighted by molar-refractivity contribution is 5.91. The molecule has 0 radical (unpaired) electrons. The number of rotatable bonds is 5. The zero-order valence-electron chi connectivity index (χ0n) is 13.8. The van der Waals surface area contributed by atoms with E-state index in [9.17, 15) is 9.59 Å². The number of aryl methyl sites for hydroxylation is 1. The van der Waals surface area contributed by atoms with E-state index in [4.69, 9.17) is 9.52 Å². The number of oxazole rings is 1. The van der Waals surface area contributed by atoms with Crippen molar-refractivity contribution in [3.8, 4) is 0 Å². The molecule has 0 atom stereocenters. The van der Waals surface area contributed by atoms with Crippen LogP contribution in [0.3, 0.4) is 0 Å². The summed E-state index contributed by atoms with van der Waals surface area (Å²) in [6, 6.07) is 12.3. The Hall–Kier alpha value is -3.06. The molecule has 3 aromatic rings. The summed E-state index contributed by atoms with van der Waals surface area (Å²) in [5.74, 6) is -0.441. The van der Waals surface area contributed by atoms with E-state index in [2.05, 4.69) is 10.6 Å². The van der Waals surface area contributed by atoms with E-state index >= 15 is 0 Å². The number of nitrogens with one attached hydrogen (secondary N) is 2. The number of benzene rings is 2. The van der Waals surface area contributed by atoms with E-state index in [1.54, 1.807) is 25.2 Å². The molecule has 2 amide bonds. The SMILES string of the molecule is Cn1c(=O)oc2cc(NC(=O)NCCc3ccc(CO)cc3)ccc21. The van der Waals surface area contributed by atoms with Gasteiger partial charge in [-0.05, 0) is 29.7 Å². The number of amides is 2. The molecule has 130 valence electrons. The van der Waals surface area contributed by atoms with Crippen LogP contribution >= 0.6 is 0 Å². The Morgan fingerprint density at radius 2 is 1.88 bits per heavy atom. The van der Waals surface area contributed by atoms with Crippen LogP contribution in [0.2, 0.25) is 0 Å². The van der Waals surface area contributed by atoms with Crippen molar-refractivity contribution in [2.45, 2.75) is 13.0 Å². The van der Waals surface area contributed by atoms with E-state index in [1.807, 2.05) is 24.3 Å². The van der Waals surface area contributed by atoms with Gasteiger partial charge in [0.05, 0.1) is 12.1 Å². The fraction of sp³-hybridized carbons (Fsp3) is 0.222. The average Bonchev–Trinajstić information content (AvgIpc) is 2.89. The second-order valence-electron chi connectivity index (χ2n) is 5.72. The highest BCUT2D eigenvalue weighted by Gasteiger charge is 2.08. The predicted octanol–water partition coefficient (Wildman–Crippen LogP) is 1.99. The second-order valence-corrected chi connectivity index (χ2v) is 5.72. The molecule has 3 N–H and O–H groups in total. The van der Waals surface area contributed by atoms with Gasteiger partial charge in [-0.3, -0.25) is 4.57 Å². The van der Waals surface area contributed by atoms with Crippen LogP contribution in [0.1, 0.15) is 11.1 Å². The maximum absolute atomic E-state index is 12.0. The molecule has 1 heterocycles. The second kappa shape index (κ2) is 7.23. The van der Waals surface area contributed by atoms with Crippen molar-refractivity contribution in [3.63, 3.8) is 0 Å². The van der Waals surface area contributed by atoms with Crippen LogP contribution in [-0.2, 0) is 20.1 Å². The number of aliphatic hydroxyl groups is 1. The van der Waals surface area contributed by atoms with Crippen molar-refractivity contribution in [2.75, 3.05) is 11.9 Å². The fourth-order valence-corrected chi connectivity index (χ4v) is 2.52. The molecule has 0 unspecified atom stereocenters. The number of aliphatic hydroxyl groups excluding tert-OH is 1. The molecular formula is C18H19N3O4. The van der Waals surface area contributed by atoms with Gasteiger partial charge >= 0.3 is 11.8 Å². The van der Waals surface area contributed by atoms with Crippen molar-refractivity contribution in [3.05, 3.63) is 64.1 Å². The molecule has 7 nitrogen and oxygen atoms in total. The van der Waals surface area contributed by atoms with E-state index in [-0.39, 0.29) is 12.6 Å². The zero-order chi connectivity index (χ0) is 17.8. The molecule has 0 bridgehead atoms. The highest BCUT2D eigenvalue weighted by Crippen LogP contribution is 2.17. The Bertz CT molecular complexity index is 941. The quantitative estimate of drug-likeness (QED) is 0.661. The first-order valence-corrected chi connectivity index (χ1v) is 7.90. The molecule has 2 aromatic carbocycles. The fourth-order valence-electron chi connectivity index (χ4n) is 2.52. The lowest BCUT2D eigenvalue weighted by molar-refractivity contribution is 0.252. The van der Waals surface area contributed by atoms with Crippen LogP contribution in [0.25, 0.3) is 11.1 Å². The predicted molar refractivity (Wildman–Crippen MR) is 94.5 cm³/mol. The molecule has 0 saturated carbocycles. The topological polar surface area (TPSA) is 96.5 Å². The van der Waals surface area contributed by atoms with Crippen molar-refractivity contribution < 1.29 is 14.3 Å². The molecule has 0 spiro atoms. The van der Waals surface area contributed by atoms with E-state index in [1.165, 1.54) is 4.57 Å². The highest BCUT2D eigenvalue weighted by atomic mass is 16.4. The number of carbonyl (C=O) groups excluding carboxylic acids is 1. The van der Waals surface area contributed by atoms with Crippen LogP contribution in [0.5, 0.6) is 0 Å². The number of urea groups is 1. The van der Waals surface area contributed by atoms with Gasteiger partial charge in [-0.1, -0.05) is 24.3 Å². The molecule has 0 fully saturated rings. The van der Waals surface area contributed by atoms with Crippen molar-refractivity contribution >= 4 is 22.8 Å². The Kier molecular flexibility index (Phi) is 4.85. The summed E-state index contributed by atoms with van der Waals surface area (Å²) in [4.78, 5) is 23.4. The smallest absolute Gasteiger partial charge is 0.408 e. The van der Waals surface area contributed by atoms with E-state index < -0.39 is 5.76 Å². The number of anilines is 1. The number of fused-ring (bicyclic) bond motifs is 1. The molecule has 3 rings (SSSR count). The normalized spacial score (nSPS) is 10.8. The third kappa shape index (κ3) is 3.89. The third-order valence-electron chi connectivity index (χ3n) is 3.95. The maximum Gasteiger partial charge on any atom is 0.419 e. The molecular weight excluding hydrogens is 322 g/mol. The van der Waals surface area contributed by atoms with Gasteiger partial charge in [0, 0.05) is 25.3 Å². The molecule has 0 aliphatic heterocycles. The molecule has 0 aliphatic rings. The number of hydrogen-bond acceptors (Lipinski definition) is 4. The van der Waals surface area contributed by atoms with Gasteiger partial charge in [-0.2, -0.15) is 0 Å². The molecule has 7 heteroatoms. The first kappa shape index (κ1) is 16.8.